The topological polar surface area (TPSA) is 81.5 Å². The van der Waals surface area contributed by atoms with Crippen molar-refractivity contribution >= 4 is 16.9 Å². The summed E-state index contributed by atoms with van der Waals surface area (Å²) >= 11 is 0. The Labute approximate surface area is 205 Å². The van der Waals surface area contributed by atoms with Crippen LogP contribution >= 0.6 is 0 Å². The second kappa shape index (κ2) is 10.00. The lowest BCUT2D eigenvalue weighted by Gasteiger charge is -2.27. The van der Waals surface area contributed by atoms with Crippen molar-refractivity contribution < 1.29 is 23.4 Å². The van der Waals surface area contributed by atoms with Gasteiger partial charge in [0.15, 0.2) is 16.9 Å². The number of ether oxygens (including phenoxy) is 3. The summed E-state index contributed by atoms with van der Waals surface area (Å²) in [5, 5.41) is 0.475. The quantitative estimate of drug-likeness (QED) is 0.460. The first kappa shape index (κ1) is 24.6. The van der Waals surface area contributed by atoms with Crippen molar-refractivity contribution in [1.82, 2.24) is 9.80 Å². The summed E-state index contributed by atoms with van der Waals surface area (Å²) in [6, 6.07) is 8.49. The van der Waals surface area contributed by atoms with Crippen molar-refractivity contribution in [3.63, 3.8) is 0 Å². The van der Waals surface area contributed by atoms with E-state index in [9.17, 15) is 9.59 Å². The third-order valence-corrected chi connectivity index (χ3v) is 6.45. The fourth-order valence-corrected chi connectivity index (χ4v) is 4.68. The molecule has 4 rings (SSSR count). The first-order chi connectivity index (χ1) is 16.8. The zero-order valence-corrected chi connectivity index (χ0v) is 21.1. The van der Waals surface area contributed by atoms with E-state index in [1.54, 1.807) is 23.1 Å². The van der Waals surface area contributed by atoms with E-state index in [1.807, 2.05) is 33.2 Å². The van der Waals surface area contributed by atoms with E-state index in [0.717, 1.165) is 24.9 Å². The highest BCUT2D eigenvalue weighted by molar-refractivity contribution is 5.99. The zero-order chi connectivity index (χ0) is 25.3. The third-order valence-electron chi connectivity index (χ3n) is 6.45. The Bertz CT molecular complexity index is 1290. The molecule has 186 valence electrons. The highest BCUT2D eigenvalue weighted by Crippen LogP contribution is 2.45. The normalized spacial score (nSPS) is 15.1. The van der Waals surface area contributed by atoms with Crippen LogP contribution in [0.15, 0.2) is 39.5 Å². The van der Waals surface area contributed by atoms with E-state index in [0.29, 0.717) is 45.9 Å². The van der Waals surface area contributed by atoms with Crippen LogP contribution in [0.4, 0.5) is 0 Å². The van der Waals surface area contributed by atoms with Gasteiger partial charge in [-0.1, -0.05) is 13.0 Å². The van der Waals surface area contributed by atoms with Gasteiger partial charge >= 0.3 is 0 Å². The predicted octanol–water partition coefficient (Wildman–Crippen LogP) is 3.88. The molecule has 8 heteroatoms. The largest absolute Gasteiger partial charge is 0.493 e. The lowest BCUT2D eigenvalue weighted by molar-refractivity contribution is 0.0722. The Hall–Kier alpha value is -3.52. The minimum atomic E-state index is -0.640. The number of amides is 1. The van der Waals surface area contributed by atoms with Gasteiger partial charge in [0.2, 0.25) is 11.5 Å². The summed E-state index contributed by atoms with van der Waals surface area (Å²) in [4.78, 5) is 31.2. The molecule has 2 aromatic carbocycles. The summed E-state index contributed by atoms with van der Waals surface area (Å²) in [7, 11) is 8.59. The summed E-state index contributed by atoms with van der Waals surface area (Å²) in [6.07, 6.45) is 1.53. The lowest BCUT2D eigenvalue weighted by Crippen LogP contribution is -2.32. The summed E-state index contributed by atoms with van der Waals surface area (Å²) < 4.78 is 22.7. The number of rotatable bonds is 9. The van der Waals surface area contributed by atoms with Crippen LogP contribution in [-0.2, 0) is 6.42 Å². The van der Waals surface area contributed by atoms with Gasteiger partial charge < -0.3 is 28.4 Å². The van der Waals surface area contributed by atoms with E-state index >= 15 is 0 Å². The van der Waals surface area contributed by atoms with E-state index in [2.05, 4.69) is 4.90 Å². The smallest absolute Gasteiger partial charge is 0.290 e. The fourth-order valence-electron chi connectivity index (χ4n) is 4.68. The van der Waals surface area contributed by atoms with Crippen molar-refractivity contribution in [3.8, 4) is 17.2 Å². The van der Waals surface area contributed by atoms with E-state index < -0.39 is 6.04 Å². The second-order valence-electron chi connectivity index (χ2n) is 8.87. The molecule has 0 saturated carbocycles. The molecular weight excluding hydrogens is 448 g/mol. The zero-order valence-electron chi connectivity index (χ0n) is 21.1. The standard InChI is InChI=1S/C27H32N2O6/c1-7-16-9-10-19-18(13-16)24(30)22-23(17-14-20(32-4)25(34-6)21(15-17)33-5)29(12-8-11-28(2)3)27(31)26(22)35-19/h9-10,13-15,23H,7-8,11-12H2,1-6H3. The van der Waals surface area contributed by atoms with Crippen molar-refractivity contribution in [1.29, 1.82) is 0 Å². The molecule has 1 aliphatic rings. The summed E-state index contributed by atoms with van der Waals surface area (Å²) in [5.74, 6) is 1.15. The van der Waals surface area contributed by atoms with E-state index in [4.69, 9.17) is 18.6 Å². The van der Waals surface area contributed by atoms with Crippen LogP contribution < -0.4 is 19.6 Å². The van der Waals surface area contributed by atoms with Crippen LogP contribution in [0.3, 0.4) is 0 Å². The third kappa shape index (κ3) is 4.34. The van der Waals surface area contributed by atoms with Crippen LogP contribution in [0.2, 0.25) is 0 Å². The highest BCUT2D eigenvalue weighted by Gasteiger charge is 2.43. The average molecular weight is 481 g/mol. The molecule has 0 radical (unpaired) electrons. The maximum Gasteiger partial charge on any atom is 0.290 e. The Balaban J connectivity index is 1.95. The molecule has 0 fully saturated rings. The second-order valence-corrected chi connectivity index (χ2v) is 8.87. The van der Waals surface area contributed by atoms with E-state index in [-0.39, 0.29) is 17.1 Å². The molecule has 2 heterocycles. The summed E-state index contributed by atoms with van der Waals surface area (Å²) in [6.45, 7) is 3.29. The monoisotopic (exact) mass is 480 g/mol. The average Bonchev–Trinajstić information content (AvgIpc) is 3.14. The van der Waals surface area contributed by atoms with Gasteiger partial charge in [0, 0.05) is 6.54 Å². The molecule has 0 spiro atoms. The van der Waals surface area contributed by atoms with Crippen molar-refractivity contribution in [3.05, 3.63) is 63.0 Å². The van der Waals surface area contributed by atoms with Gasteiger partial charge in [0.1, 0.15) is 5.58 Å². The predicted molar refractivity (Wildman–Crippen MR) is 134 cm³/mol. The maximum atomic E-state index is 13.8. The molecule has 1 amide bonds. The number of carbonyl (C=O) groups is 1. The molecule has 1 atom stereocenters. The number of nitrogens with zero attached hydrogens (tertiary/aromatic N) is 2. The Morgan fingerprint density at radius 2 is 1.69 bits per heavy atom. The molecule has 1 aliphatic heterocycles. The van der Waals surface area contributed by atoms with Crippen molar-refractivity contribution in [2.75, 3.05) is 48.5 Å². The maximum absolute atomic E-state index is 13.8. The van der Waals surface area contributed by atoms with Gasteiger partial charge in [0.25, 0.3) is 5.91 Å². The molecule has 1 unspecified atom stereocenters. The number of fused-ring (bicyclic) bond motifs is 2. The number of benzene rings is 2. The SMILES string of the molecule is CCc1ccc2oc3c(c(=O)c2c1)C(c1cc(OC)c(OC)c(OC)c1)N(CCCN(C)C)C3=O. The first-order valence-electron chi connectivity index (χ1n) is 11.7. The van der Waals surface area contributed by atoms with Gasteiger partial charge in [-0.25, -0.2) is 0 Å². The van der Waals surface area contributed by atoms with Crippen molar-refractivity contribution in [2.45, 2.75) is 25.8 Å². The van der Waals surface area contributed by atoms with Gasteiger partial charge in [-0.05, 0) is 68.9 Å². The number of carbonyl (C=O) groups excluding carboxylic acids is 1. The van der Waals surface area contributed by atoms with E-state index in [1.165, 1.54) is 21.3 Å². The van der Waals surface area contributed by atoms with Crippen LogP contribution in [0, 0.1) is 0 Å². The first-order valence-corrected chi connectivity index (χ1v) is 11.7. The molecule has 0 aliphatic carbocycles. The van der Waals surface area contributed by atoms with Gasteiger partial charge in [-0.3, -0.25) is 9.59 Å². The highest BCUT2D eigenvalue weighted by atomic mass is 16.5. The van der Waals surface area contributed by atoms with Gasteiger partial charge in [0.05, 0.1) is 38.3 Å². The van der Waals surface area contributed by atoms with Crippen LogP contribution in [0.25, 0.3) is 11.0 Å². The van der Waals surface area contributed by atoms with Crippen LogP contribution in [0.1, 0.15) is 46.6 Å². The number of methoxy groups -OCH3 is 3. The molecule has 8 nitrogen and oxygen atoms in total. The van der Waals surface area contributed by atoms with Gasteiger partial charge in [-0.15, -0.1) is 0 Å². The Morgan fingerprint density at radius 1 is 1.00 bits per heavy atom. The molecule has 1 aromatic heterocycles. The van der Waals surface area contributed by atoms with Crippen LogP contribution in [0.5, 0.6) is 17.2 Å². The molecule has 0 bridgehead atoms. The van der Waals surface area contributed by atoms with Crippen molar-refractivity contribution in [2.24, 2.45) is 0 Å². The lowest BCUT2D eigenvalue weighted by atomic mass is 9.97. The van der Waals surface area contributed by atoms with Crippen LogP contribution in [-0.4, -0.2) is 64.2 Å². The minimum Gasteiger partial charge on any atom is -0.493 e. The number of aryl methyl sites for hydroxylation is 1. The minimum absolute atomic E-state index is 0.0929. The molecule has 0 saturated heterocycles. The molecule has 3 aromatic rings. The molecular formula is C27H32N2O6. The molecule has 0 N–H and O–H groups in total. The Morgan fingerprint density at radius 3 is 2.26 bits per heavy atom. The number of hydrogen-bond acceptors (Lipinski definition) is 7. The Kier molecular flexibility index (Phi) is 7.03. The summed E-state index contributed by atoms with van der Waals surface area (Å²) in [5.41, 5.74) is 2.28. The fraction of sp³-hybridized carbons (Fsp3) is 0.407. The van der Waals surface area contributed by atoms with Gasteiger partial charge in [-0.2, -0.15) is 0 Å². The number of hydrogen-bond donors (Lipinski definition) is 0. The molecule has 35 heavy (non-hydrogen) atoms.